The lowest BCUT2D eigenvalue weighted by Gasteiger charge is -2.20. The first-order valence-corrected chi connectivity index (χ1v) is 7.28. The van der Waals surface area contributed by atoms with E-state index in [1.54, 1.807) is 4.52 Å². The van der Waals surface area contributed by atoms with Crippen molar-refractivity contribution in [1.29, 1.82) is 0 Å². The predicted octanol–water partition coefficient (Wildman–Crippen LogP) is 2.60. The largest absolute Gasteiger partial charge is 0.492 e. The van der Waals surface area contributed by atoms with E-state index in [0.29, 0.717) is 24.0 Å². The Morgan fingerprint density at radius 2 is 2.05 bits per heavy atom. The summed E-state index contributed by atoms with van der Waals surface area (Å²) in [5.74, 6) is 2.33. The number of fused-ring (bicyclic) bond motifs is 1. The first-order chi connectivity index (χ1) is 10.6. The maximum Gasteiger partial charge on any atom is 0.254 e. The van der Waals surface area contributed by atoms with E-state index < -0.39 is 0 Å². The second-order valence-electron chi connectivity index (χ2n) is 4.95. The number of aryl methyl sites for hydroxylation is 1. The lowest BCUT2D eigenvalue weighted by molar-refractivity contribution is 0.325. The summed E-state index contributed by atoms with van der Waals surface area (Å²) in [5, 5.41) is 4.90. The van der Waals surface area contributed by atoms with Gasteiger partial charge in [0.15, 0.2) is 0 Å². The molecule has 114 valence electrons. The second-order valence-corrected chi connectivity index (χ2v) is 5.39. The number of nitrogens with zero attached hydrogens (tertiary/aromatic N) is 5. The van der Waals surface area contributed by atoms with Gasteiger partial charge in [0.2, 0.25) is 0 Å². The van der Waals surface area contributed by atoms with Crippen LogP contribution in [0, 0.1) is 6.92 Å². The van der Waals surface area contributed by atoms with Crippen LogP contribution in [0.25, 0.3) is 5.78 Å². The molecule has 7 heteroatoms. The molecule has 0 amide bonds. The third kappa shape index (κ3) is 3.12. The number of likely N-dealkylation sites (N-methyl/N-ethyl adjacent to an activating group) is 1. The quantitative estimate of drug-likeness (QED) is 0.724. The molecule has 0 fully saturated rings. The number of rotatable bonds is 5. The Morgan fingerprint density at radius 1 is 1.27 bits per heavy atom. The lowest BCUT2D eigenvalue weighted by atomic mass is 10.3. The zero-order chi connectivity index (χ0) is 15.5. The van der Waals surface area contributed by atoms with E-state index in [4.69, 9.17) is 16.3 Å². The van der Waals surface area contributed by atoms with Gasteiger partial charge >= 0.3 is 0 Å². The predicted molar refractivity (Wildman–Crippen MR) is 85.7 cm³/mol. The number of hydrogen-bond acceptors (Lipinski definition) is 5. The molecule has 6 nitrogen and oxygen atoms in total. The van der Waals surface area contributed by atoms with E-state index in [-0.39, 0.29) is 0 Å². The lowest BCUT2D eigenvalue weighted by Crippen LogP contribution is -2.26. The van der Waals surface area contributed by atoms with Crippen molar-refractivity contribution < 1.29 is 4.74 Å². The van der Waals surface area contributed by atoms with Crippen LogP contribution in [0.2, 0.25) is 5.02 Å². The van der Waals surface area contributed by atoms with Crippen LogP contribution in [0.1, 0.15) is 5.69 Å². The number of ether oxygens (including phenoxy) is 1. The molecule has 0 unspecified atom stereocenters. The summed E-state index contributed by atoms with van der Waals surface area (Å²) < 4.78 is 7.43. The highest BCUT2D eigenvalue weighted by atomic mass is 35.5. The van der Waals surface area contributed by atoms with E-state index in [2.05, 4.69) is 20.0 Å². The number of anilines is 1. The minimum absolute atomic E-state index is 0.551. The fourth-order valence-corrected chi connectivity index (χ4v) is 2.25. The molecule has 3 rings (SSSR count). The number of halogens is 1. The molecule has 22 heavy (non-hydrogen) atoms. The highest BCUT2D eigenvalue weighted by Crippen LogP contribution is 2.17. The molecule has 0 spiro atoms. The third-order valence-electron chi connectivity index (χ3n) is 3.26. The Hall–Kier alpha value is -2.34. The van der Waals surface area contributed by atoms with Gasteiger partial charge in [0, 0.05) is 23.8 Å². The summed E-state index contributed by atoms with van der Waals surface area (Å²) >= 11 is 5.85. The minimum atomic E-state index is 0.551. The smallest absolute Gasteiger partial charge is 0.254 e. The van der Waals surface area contributed by atoms with Crippen molar-refractivity contribution in [2.45, 2.75) is 6.92 Å². The Morgan fingerprint density at radius 3 is 2.82 bits per heavy atom. The van der Waals surface area contributed by atoms with Crippen molar-refractivity contribution in [3.63, 3.8) is 0 Å². The molecular formula is C15H16ClN5O. The van der Waals surface area contributed by atoms with Crippen LogP contribution in [0.4, 0.5) is 5.82 Å². The molecule has 0 saturated heterocycles. The van der Waals surface area contributed by atoms with Crippen LogP contribution in [0.5, 0.6) is 5.75 Å². The molecule has 0 atom stereocenters. The molecule has 2 heterocycles. The number of hydrogen-bond donors (Lipinski definition) is 0. The summed E-state index contributed by atoms with van der Waals surface area (Å²) in [6.07, 6.45) is 1.50. The van der Waals surface area contributed by atoms with Crippen molar-refractivity contribution in [3.8, 4) is 5.75 Å². The van der Waals surface area contributed by atoms with Gasteiger partial charge in [0.05, 0.1) is 6.54 Å². The molecule has 0 N–H and O–H groups in total. The zero-order valence-corrected chi connectivity index (χ0v) is 13.2. The first-order valence-electron chi connectivity index (χ1n) is 6.90. The average Bonchev–Trinajstić information content (AvgIpc) is 2.96. The summed E-state index contributed by atoms with van der Waals surface area (Å²) in [5.41, 5.74) is 0.904. The molecule has 0 saturated carbocycles. The Bertz CT molecular complexity index is 771. The summed E-state index contributed by atoms with van der Waals surface area (Å²) in [6.45, 7) is 3.20. The Kier molecular flexibility index (Phi) is 4.11. The van der Waals surface area contributed by atoms with E-state index in [9.17, 15) is 0 Å². The van der Waals surface area contributed by atoms with E-state index >= 15 is 0 Å². The third-order valence-corrected chi connectivity index (χ3v) is 3.51. The second kappa shape index (κ2) is 6.19. The van der Waals surface area contributed by atoms with Gasteiger partial charge < -0.3 is 9.64 Å². The molecule has 0 aliphatic carbocycles. The van der Waals surface area contributed by atoms with Gasteiger partial charge in [-0.25, -0.2) is 4.98 Å². The summed E-state index contributed by atoms with van der Waals surface area (Å²) in [7, 11) is 1.99. The van der Waals surface area contributed by atoms with Gasteiger partial charge in [0.25, 0.3) is 5.78 Å². The van der Waals surface area contributed by atoms with Crippen LogP contribution in [0.3, 0.4) is 0 Å². The molecule has 0 radical (unpaired) electrons. The Labute approximate surface area is 133 Å². The maximum atomic E-state index is 5.85. The van der Waals surface area contributed by atoms with Crippen LogP contribution in [-0.4, -0.2) is 39.8 Å². The minimum Gasteiger partial charge on any atom is -0.492 e. The molecule has 3 aromatic rings. The standard InChI is InChI=1S/C15H16ClN5O/c1-11-9-14(21-15(19-11)17-10-18-21)20(2)7-8-22-13-5-3-12(16)4-6-13/h3-6,9-10H,7-8H2,1-2H3. The van der Waals surface area contributed by atoms with E-state index in [1.165, 1.54) is 6.33 Å². The number of benzene rings is 1. The van der Waals surface area contributed by atoms with Gasteiger partial charge in [-0.2, -0.15) is 14.6 Å². The van der Waals surface area contributed by atoms with Crippen molar-refractivity contribution in [2.75, 3.05) is 25.1 Å². The van der Waals surface area contributed by atoms with Crippen LogP contribution < -0.4 is 9.64 Å². The van der Waals surface area contributed by atoms with Gasteiger partial charge in [-0.15, -0.1) is 0 Å². The van der Waals surface area contributed by atoms with Crippen LogP contribution in [0.15, 0.2) is 36.7 Å². The SMILES string of the molecule is Cc1cc(N(C)CCOc2ccc(Cl)cc2)n2ncnc2n1. The molecule has 2 aromatic heterocycles. The summed E-state index contributed by atoms with van der Waals surface area (Å²) in [4.78, 5) is 10.5. The molecule has 1 aromatic carbocycles. The van der Waals surface area contributed by atoms with E-state index in [0.717, 1.165) is 17.3 Å². The van der Waals surface area contributed by atoms with Crippen molar-refractivity contribution in [2.24, 2.45) is 0 Å². The van der Waals surface area contributed by atoms with Crippen LogP contribution in [-0.2, 0) is 0 Å². The normalized spacial score (nSPS) is 10.9. The number of aromatic nitrogens is 4. The summed E-state index contributed by atoms with van der Waals surface area (Å²) in [6, 6.07) is 9.31. The van der Waals surface area contributed by atoms with Gasteiger partial charge in [-0.05, 0) is 31.2 Å². The zero-order valence-electron chi connectivity index (χ0n) is 12.4. The van der Waals surface area contributed by atoms with Crippen molar-refractivity contribution in [3.05, 3.63) is 47.4 Å². The van der Waals surface area contributed by atoms with Crippen LogP contribution >= 0.6 is 11.6 Å². The topological polar surface area (TPSA) is 55.6 Å². The highest BCUT2D eigenvalue weighted by Gasteiger charge is 2.10. The molecule has 0 aliphatic heterocycles. The Balaban J connectivity index is 1.67. The fourth-order valence-electron chi connectivity index (χ4n) is 2.13. The maximum absolute atomic E-state index is 5.85. The first kappa shape index (κ1) is 14.6. The fraction of sp³-hybridized carbons (Fsp3) is 0.267. The van der Waals surface area contributed by atoms with Gasteiger partial charge in [0.1, 0.15) is 24.5 Å². The van der Waals surface area contributed by atoms with Gasteiger partial charge in [-0.3, -0.25) is 0 Å². The monoisotopic (exact) mass is 317 g/mol. The van der Waals surface area contributed by atoms with Gasteiger partial charge in [-0.1, -0.05) is 11.6 Å². The van der Waals surface area contributed by atoms with Crippen molar-refractivity contribution in [1.82, 2.24) is 19.6 Å². The van der Waals surface area contributed by atoms with E-state index in [1.807, 2.05) is 44.3 Å². The molecular weight excluding hydrogens is 302 g/mol. The molecule has 0 bridgehead atoms. The molecule has 0 aliphatic rings. The average molecular weight is 318 g/mol. The highest BCUT2D eigenvalue weighted by molar-refractivity contribution is 6.30. The van der Waals surface area contributed by atoms with Crippen molar-refractivity contribution >= 4 is 23.2 Å².